The van der Waals surface area contributed by atoms with Crippen LogP contribution in [0.4, 0.5) is 5.69 Å². The van der Waals surface area contributed by atoms with E-state index in [1.54, 1.807) is 29.2 Å². The summed E-state index contributed by atoms with van der Waals surface area (Å²) in [6, 6.07) is 17.1. The topological polar surface area (TPSA) is 75.8 Å². The van der Waals surface area contributed by atoms with Crippen LogP contribution in [0.3, 0.4) is 0 Å². The molecule has 27 heavy (non-hydrogen) atoms. The highest BCUT2D eigenvalue weighted by molar-refractivity contribution is 8.15. The molecule has 1 fully saturated rings. The summed E-state index contributed by atoms with van der Waals surface area (Å²) < 4.78 is 0. The zero-order valence-electron chi connectivity index (χ0n) is 14.7. The molecule has 7 heteroatoms. The van der Waals surface area contributed by atoms with E-state index in [9.17, 15) is 9.59 Å². The molecule has 2 aromatic rings. The number of rotatable bonds is 6. The number of carbonyl (C=O) groups is 2. The fourth-order valence-electron chi connectivity index (χ4n) is 2.79. The minimum Gasteiger partial charge on any atom is -0.369 e. The molecule has 2 amide bonds. The standard InChI is InChI=1S/C20H20ClN3O2S/c21-15-8-10-16(11-9-15)23-20-24(18(25)13-17(27-20)19(22)26)12-4-7-14-5-2-1-3-6-14/h1-3,5-6,8-11,17H,4,7,12-13H2,(H2,22,26). The normalized spacial score (nSPS) is 18.7. The van der Waals surface area contributed by atoms with Crippen molar-refractivity contribution in [3.63, 3.8) is 0 Å². The van der Waals surface area contributed by atoms with Crippen LogP contribution in [0.15, 0.2) is 59.6 Å². The second kappa shape index (κ2) is 9.06. The zero-order chi connectivity index (χ0) is 19.2. The van der Waals surface area contributed by atoms with Crippen molar-refractivity contribution in [2.24, 2.45) is 10.7 Å². The molecule has 0 spiro atoms. The van der Waals surface area contributed by atoms with Gasteiger partial charge in [-0.3, -0.25) is 14.5 Å². The second-order valence-corrected chi connectivity index (χ2v) is 7.82. The minimum absolute atomic E-state index is 0.102. The van der Waals surface area contributed by atoms with E-state index in [1.807, 2.05) is 18.2 Å². The van der Waals surface area contributed by atoms with Crippen molar-refractivity contribution in [3.05, 3.63) is 65.2 Å². The molecule has 2 N–H and O–H groups in total. The lowest BCUT2D eigenvalue weighted by molar-refractivity contribution is -0.129. The first kappa shape index (κ1) is 19.5. The fourth-order valence-corrected chi connectivity index (χ4v) is 3.99. The van der Waals surface area contributed by atoms with E-state index in [1.165, 1.54) is 17.3 Å². The molecule has 2 aromatic carbocycles. The number of hydrogen-bond acceptors (Lipinski definition) is 4. The van der Waals surface area contributed by atoms with Crippen molar-refractivity contribution >= 4 is 46.0 Å². The van der Waals surface area contributed by atoms with E-state index in [4.69, 9.17) is 17.3 Å². The summed E-state index contributed by atoms with van der Waals surface area (Å²) in [6.07, 6.45) is 1.77. The average molecular weight is 402 g/mol. The highest BCUT2D eigenvalue weighted by Gasteiger charge is 2.34. The van der Waals surface area contributed by atoms with Crippen LogP contribution in [-0.2, 0) is 16.0 Å². The maximum absolute atomic E-state index is 12.6. The molecule has 0 aliphatic carbocycles. The maximum atomic E-state index is 12.6. The highest BCUT2D eigenvalue weighted by atomic mass is 35.5. The zero-order valence-corrected chi connectivity index (χ0v) is 16.2. The number of amides is 2. The lowest BCUT2D eigenvalue weighted by Gasteiger charge is -2.31. The first-order valence-electron chi connectivity index (χ1n) is 8.67. The quantitative estimate of drug-likeness (QED) is 0.800. The molecule has 3 rings (SSSR count). The van der Waals surface area contributed by atoms with E-state index in [-0.39, 0.29) is 12.3 Å². The van der Waals surface area contributed by atoms with Crippen LogP contribution in [0.2, 0.25) is 5.02 Å². The van der Waals surface area contributed by atoms with Gasteiger partial charge in [-0.15, -0.1) is 0 Å². The van der Waals surface area contributed by atoms with Gasteiger partial charge in [-0.1, -0.05) is 53.7 Å². The Balaban J connectivity index is 1.76. The van der Waals surface area contributed by atoms with E-state index in [0.29, 0.717) is 22.4 Å². The summed E-state index contributed by atoms with van der Waals surface area (Å²) in [5.41, 5.74) is 7.32. The molecule has 0 aromatic heterocycles. The summed E-state index contributed by atoms with van der Waals surface area (Å²) in [5, 5.41) is 0.528. The minimum atomic E-state index is -0.589. The van der Waals surface area contributed by atoms with Gasteiger partial charge in [0.2, 0.25) is 11.8 Å². The van der Waals surface area contributed by atoms with Crippen LogP contribution >= 0.6 is 23.4 Å². The number of primary amides is 1. The molecule has 1 saturated heterocycles. The number of hydrogen-bond donors (Lipinski definition) is 1. The largest absolute Gasteiger partial charge is 0.369 e. The molecule has 5 nitrogen and oxygen atoms in total. The van der Waals surface area contributed by atoms with Gasteiger partial charge in [0.1, 0.15) is 0 Å². The van der Waals surface area contributed by atoms with Gasteiger partial charge in [-0.25, -0.2) is 4.99 Å². The number of nitrogens with two attached hydrogens (primary N) is 1. The van der Waals surface area contributed by atoms with Gasteiger partial charge in [-0.2, -0.15) is 0 Å². The summed E-state index contributed by atoms with van der Waals surface area (Å²) in [7, 11) is 0. The van der Waals surface area contributed by atoms with Crippen LogP contribution < -0.4 is 5.73 Å². The van der Waals surface area contributed by atoms with Gasteiger partial charge in [0, 0.05) is 18.0 Å². The molecule has 140 valence electrons. The predicted octanol–water partition coefficient (Wildman–Crippen LogP) is 3.78. The average Bonchev–Trinajstić information content (AvgIpc) is 2.66. The number of nitrogens with zero attached hydrogens (tertiary/aromatic N) is 2. The van der Waals surface area contributed by atoms with Crippen LogP contribution in [0.1, 0.15) is 18.4 Å². The van der Waals surface area contributed by atoms with Crippen LogP contribution in [0.5, 0.6) is 0 Å². The Morgan fingerprint density at radius 3 is 2.56 bits per heavy atom. The Morgan fingerprint density at radius 1 is 1.19 bits per heavy atom. The lowest BCUT2D eigenvalue weighted by Crippen LogP contribution is -2.46. The molecular weight excluding hydrogens is 382 g/mol. The molecule has 1 atom stereocenters. The Kier molecular flexibility index (Phi) is 6.53. The van der Waals surface area contributed by atoms with Gasteiger partial charge >= 0.3 is 0 Å². The number of amidine groups is 1. The Morgan fingerprint density at radius 2 is 1.89 bits per heavy atom. The van der Waals surface area contributed by atoms with Gasteiger partial charge < -0.3 is 5.73 Å². The van der Waals surface area contributed by atoms with Crippen molar-refractivity contribution in [3.8, 4) is 0 Å². The van der Waals surface area contributed by atoms with Crippen LogP contribution in [0.25, 0.3) is 0 Å². The van der Waals surface area contributed by atoms with E-state index in [0.717, 1.165) is 12.8 Å². The number of benzene rings is 2. The first-order valence-corrected chi connectivity index (χ1v) is 9.93. The van der Waals surface area contributed by atoms with Gasteiger partial charge in [-0.05, 0) is 42.7 Å². The van der Waals surface area contributed by atoms with Crippen molar-refractivity contribution < 1.29 is 9.59 Å². The van der Waals surface area contributed by atoms with E-state index >= 15 is 0 Å². The van der Waals surface area contributed by atoms with Crippen LogP contribution in [0, 0.1) is 0 Å². The number of thioether (sulfide) groups is 1. The first-order chi connectivity index (χ1) is 13.0. The number of aliphatic imine (C=N–C) groups is 1. The molecular formula is C20H20ClN3O2S. The maximum Gasteiger partial charge on any atom is 0.231 e. The third kappa shape index (κ3) is 5.34. The Hall–Kier alpha value is -2.31. The molecule has 0 radical (unpaired) electrons. The van der Waals surface area contributed by atoms with Crippen LogP contribution in [-0.4, -0.2) is 33.7 Å². The summed E-state index contributed by atoms with van der Waals surface area (Å²) in [4.78, 5) is 30.4. The molecule has 1 unspecified atom stereocenters. The molecule has 0 saturated carbocycles. The SMILES string of the molecule is NC(=O)C1CC(=O)N(CCCc2ccccc2)C(=Nc2ccc(Cl)cc2)S1. The van der Waals surface area contributed by atoms with Crippen molar-refractivity contribution in [2.75, 3.05) is 6.54 Å². The summed E-state index contributed by atoms with van der Waals surface area (Å²) >= 11 is 7.16. The number of halogens is 1. The Bertz CT molecular complexity index is 840. The second-order valence-electron chi connectivity index (χ2n) is 6.22. The van der Waals surface area contributed by atoms with Crippen molar-refractivity contribution in [1.29, 1.82) is 0 Å². The molecule has 1 aliphatic heterocycles. The van der Waals surface area contributed by atoms with Gasteiger partial charge in [0.15, 0.2) is 5.17 Å². The third-order valence-corrected chi connectivity index (χ3v) is 5.66. The third-order valence-electron chi connectivity index (χ3n) is 4.20. The summed E-state index contributed by atoms with van der Waals surface area (Å²) in [5.74, 6) is -0.626. The lowest BCUT2D eigenvalue weighted by atomic mass is 10.1. The smallest absolute Gasteiger partial charge is 0.231 e. The molecule has 1 aliphatic rings. The van der Waals surface area contributed by atoms with E-state index in [2.05, 4.69) is 17.1 Å². The van der Waals surface area contributed by atoms with Gasteiger partial charge in [0.05, 0.1) is 10.9 Å². The molecule has 1 heterocycles. The van der Waals surface area contributed by atoms with Gasteiger partial charge in [0.25, 0.3) is 0 Å². The summed E-state index contributed by atoms with van der Waals surface area (Å²) in [6.45, 7) is 0.540. The highest BCUT2D eigenvalue weighted by Crippen LogP contribution is 2.29. The van der Waals surface area contributed by atoms with Crippen molar-refractivity contribution in [2.45, 2.75) is 24.5 Å². The van der Waals surface area contributed by atoms with Crippen molar-refractivity contribution in [1.82, 2.24) is 4.90 Å². The number of aryl methyl sites for hydroxylation is 1. The number of carbonyl (C=O) groups excluding carboxylic acids is 2. The Labute approximate surface area is 167 Å². The fraction of sp³-hybridized carbons (Fsp3) is 0.250. The monoisotopic (exact) mass is 401 g/mol. The predicted molar refractivity (Wildman–Crippen MR) is 110 cm³/mol. The van der Waals surface area contributed by atoms with E-state index < -0.39 is 11.2 Å². The molecule has 0 bridgehead atoms.